The fourth-order valence-electron chi connectivity index (χ4n) is 1.17. The molecule has 0 amide bonds. The van der Waals surface area contributed by atoms with Gasteiger partial charge in [0.05, 0.1) is 18.3 Å². The summed E-state index contributed by atoms with van der Waals surface area (Å²) in [4.78, 5) is 4.17. The Hall–Kier alpha value is -0.870. The van der Waals surface area contributed by atoms with Gasteiger partial charge in [-0.05, 0) is 28.1 Å². The topological polar surface area (TPSA) is 43.3 Å². The molecule has 0 spiro atoms. The average molecular weight is 226 g/mol. The smallest absolute Gasteiger partial charge is 0.127 e. The van der Waals surface area contributed by atoms with Crippen molar-refractivity contribution in [3.05, 3.63) is 34.8 Å². The number of halogens is 1. The molecule has 0 fully saturated rings. The van der Waals surface area contributed by atoms with Crippen LogP contribution in [0, 0.1) is 0 Å². The highest BCUT2D eigenvalue weighted by Crippen LogP contribution is 2.13. The zero-order chi connectivity index (χ0) is 8.55. The Morgan fingerprint density at radius 2 is 2.33 bits per heavy atom. The molecular formula is C8H8BrN3. The van der Waals surface area contributed by atoms with Gasteiger partial charge in [-0.15, -0.1) is 0 Å². The number of hydrogen-bond donors (Lipinski definition) is 1. The van der Waals surface area contributed by atoms with Crippen LogP contribution in [0.3, 0.4) is 0 Å². The van der Waals surface area contributed by atoms with E-state index in [4.69, 9.17) is 5.73 Å². The van der Waals surface area contributed by atoms with Gasteiger partial charge in [-0.3, -0.25) is 0 Å². The molecule has 0 unspecified atom stereocenters. The fraction of sp³-hybridized carbons (Fsp3) is 0.125. The summed E-state index contributed by atoms with van der Waals surface area (Å²) in [6.45, 7) is 0.463. The van der Waals surface area contributed by atoms with E-state index < -0.39 is 0 Å². The normalized spacial score (nSPS) is 10.8. The van der Waals surface area contributed by atoms with E-state index in [0.29, 0.717) is 6.54 Å². The third-order valence-electron chi connectivity index (χ3n) is 1.75. The summed E-state index contributed by atoms with van der Waals surface area (Å²) < 4.78 is 3.01. The quantitative estimate of drug-likeness (QED) is 0.801. The first-order valence-corrected chi connectivity index (χ1v) is 4.42. The predicted octanol–water partition coefficient (Wildman–Crippen LogP) is 1.56. The van der Waals surface area contributed by atoms with Crippen molar-refractivity contribution in [3.8, 4) is 0 Å². The van der Waals surface area contributed by atoms with Gasteiger partial charge in [0.2, 0.25) is 0 Å². The molecule has 0 aliphatic carbocycles. The van der Waals surface area contributed by atoms with Crippen molar-refractivity contribution in [1.82, 2.24) is 9.38 Å². The predicted molar refractivity (Wildman–Crippen MR) is 50.8 cm³/mol. The van der Waals surface area contributed by atoms with Crippen LogP contribution in [0.25, 0.3) is 5.52 Å². The Balaban J connectivity index is 2.75. The van der Waals surface area contributed by atoms with E-state index in [1.54, 1.807) is 0 Å². The number of nitrogens with two attached hydrogens (primary N) is 1. The highest BCUT2D eigenvalue weighted by atomic mass is 79.9. The summed E-state index contributed by atoms with van der Waals surface area (Å²) in [5.41, 5.74) is 6.58. The van der Waals surface area contributed by atoms with Crippen LogP contribution in [-0.2, 0) is 6.54 Å². The molecule has 0 saturated heterocycles. The van der Waals surface area contributed by atoms with Gasteiger partial charge in [-0.1, -0.05) is 0 Å². The maximum atomic E-state index is 5.51. The third-order valence-corrected chi connectivity index (χ3v) is 2.22. The van der Waals surface area contributed by atoms with Crippen molar-refractivity contribution in [2.24, 2.45) is 5.73 Å². The number of fused-ring (bicyclic) bond motifs is 1. The van der Waals surface area contributed by atoms with Crippen molar-refractivity contribution in [2.45, 2.75) is 6.54 Å². The maximum Gasteiger partial charge on any atom is 0.127 e. The average Bonchev–Trinajstić information content (AvgIpc) is 2.46. The standard InChI is InChI=1S/C8H8BrN3/c9-6-1-2-7-4-11-8(3-10)12(7)5-6/h1-2,4-5H,3,10H2. The van der Waals surface area contributed by atoms with E-state index in [2.05, 4.69) is 20.9 Å². The molecule has 2 aromatic heterocycles. The number of nitrogens with zero attached hydrogens (tertiary/aromatic N) is 2. The molecule has 0 aliphatic heterocycles. The van der Waals surface area contributed by atoms with Gasteiger partial charge in [0.15, 0.2) is 0 Å². The van der Waals surface area contributed by atoms with Crippen LogP contribution in [-0.4, -0.2) is 9.38 Å². The zero-order valence-corrected chi connectivity index (χ0v) is 7.95. The Kier molecular flexibility index (Phi) is 1.86. The second kappa shape index (κ2) is 2.88. The van der Waals surface area contributed by atoms with E-state index in [1.165, 1.54) is 0 Å². The molecule has 0 atom stereocenters. The number of aromatic nitrogens is 2. The van der Waals surface area contributed by atoms with Crippen LogP contribution in [0.15, 0.2) is 29.0 Å². The van der Waals surface area contributed by atoms with Gasteiger partial charge in [0.25, 0.3) is 0 Å². The lowest BCUT2D eigenvalue weighted by molar-refractivity contribution is 0.902. The summed E-state index contributed by atoms with van der Waals surface area (Å²) in [6.07, 6.45) is 3.78. The van der Waals surface area contributed by atoms with Crippen molar-refractivity contribution < 1.29 is 0 Å². The summed E-state index contributed by atoms with van der Waals surface area (Å²) in [5.74, 6) is 0.881. The van der Waals surface area contributed by atoms with Gasteiger partial charge in [-0.2, -0.15) is 0 Å². The summed E-state index contributed by atoms with van der Waals surface area (Å²) in [7, 11) is 0. The minimum atomic E-state index is 0.463. The van der Waals surface area contributed by atoms with E-state index in [0.717, 1.165) is 15.8 Å². The summed E-state index contributed by atoms with van der Waals surface area (Å²) in [6, 6.07) is 3.98. The number of imidazole rings is 1. The molecular weight excluding hydrogens is 218 g/mol. The van der Waals surface area contributed by atoms with Crippen molar-refractivity contribution in [1.29, 1.82) is 0 Å². The molecule has 12 heavy (non-hydrogen) atoms. The number of pyridine rings is 1. The molecule has 2 N–H and O–H groups in total. The van der Waals surface area contributed by atoms with Crippen LogP contribution < -0.4 is 5.73 Å². The SMILES string of the molecule is NCc1ncc2ccc(Br)cn12. The van der Waals surface area contributed by atoms with Gasteiger partial charge < -0.3 is 10.1 Å². The van der Waals surface area contributed by atoms with Gasteiger partial charge in [0, 0.05) is 10.7 Å². The van der Waals surface area contributed by atoms with E-state index in [1.807, 2.05) is 28.9 Å². The van der Waals surface area contributed by atoms with E-state index in [9.17, 15) is 0 Å². The first-order chi connectivity index (χ1) is 5.81. The molecule has 62 valence electrons. The van der Waals surface area contributed by atoms with Gasteiger partial charge in [-0.25, -0.2) is 4.98 Å². The molecule has 2 aromatic rings. The molecule has 2 rings (SSSR count). The lowest BCUT2D eigenvalue weighted by Crippen LogP contribution is -2.02. The molecule has 3 nitrogen and oxygen atoms in total. The van der Waals surface area contributed by atoms with Gasteiger partial charge >= 0.3 is 0 Å². The summed E-state index contributed by atoms with van der Waals surface area (Å²) >= 11 is 3.39. The highest BCUT2D eigenvalue weighted by Gasteiger charge is 2.00. The Bertz CT molecular complexity index is 408. The largest absolute Gasteiger partial charge is 0.324 e. The fourth-order valence-corrected chi connectivity index (χ4v) is 1.51. The maximum absolute atomic E-state index is 5.51. The molecule has 0 aliphatic rings. The van der Waals surface area contributed by atoms with E-state index >= 15 is 0 Å². The lowest BCUT2D eigenvalue weighted by atomic mass is 10.4. The van der Waals surface area contributed by atoms with Crippen molar-refractivity contribution >= 4 is 21.4 Å². The zero-order valence-electron chi connectivity index (χ0n) is 6.37. The lowest BCUT2D eigenvalue weighted by Gasteiger charge is -1.97. The van der Waals surface area contributed by atoms with Gasteiger partial charge in [0.1, 0.15) is 5.82 Å². The van der Waals surface area contributed by atoms with Crippen LogP contribution in [0.2, 0.25) is 0 Å². The van der Waals surface area contributed by atoms with Crippen molar-refractivity contribution in [3.63, 3.8) is 0 Å². The molecule has 2 heterocycles. The van der Waals surface area contributed by atoms with Crippen LogP contribution in [0.5, 0.6) is 0 Å². The number of hydrogen-bond acceptors (Lipinski definition) is 2. The second-order valence-electron chi connectivity index (χ2n) is 2.52. The molecule has 0 radical (unpaired) electrons. The molecule has 0 saturated carbocycles. The summed E-state index contributed by atoms with van der Waals surface area (Å²) in [5, 5.41) is 0. The molecule has 4 heteroatoms. The van der Waals surface area contributed by atoms with E-state index in [-0.39, 0.29) is 0 Å². The minimum Gasteiger partial charge on any atom is -0.324 e. The van der Waals surface area contributed by atoms with Crippen molar-refractivity contribution in [2.75, 3.05) is 0 Å². The van der Waals surface area contributed by atoms with Crippen LogP contribution in [0.1, 0.15) is 5.82 Å². The monoisotopic (exact) mass is 225 g/mol. The third kappa shape index (κ3) is 1.13. The first-order valence-electron chi connectivity index (χ1n) is 3.63. The Morgan fingerprint density at radius 1 is 1.50 bits per heavy atom. The minimum absolute atomic E-state index is 0.463. The highest BCUT2D eigenvalue weighted by molar-refractivity contribution is 9.10. The van der Waals surface area contributed by atoms with Crippen LogP contribution >= 0.6 is 15.9 Å². The number of rotatable bonds is 1. The van der Waals surface area contributed by atoms with Crippen LogP contribution in [0.4, 0.5) is 0 Å². The Labute approximate surface area is 78.3 Å². The second-order valence-corrected chi connectivity index (χ2v) is 3.44. The first kappa shape index (κ1) is 7.76. The molecule has 0 bridgehead atoms. The Morgan fingerprint density at radius 3 is 3.08 bits per heavy atom. The molecule has 0 aromatic carbocycles.